The minimum absolute atomic E-state index is 0.852. The molecule has 0 spiro atoms. The van der Waals surface area contributed by atoms with Crippen LogP contribution in [0.15, 0.2) is 40.9 Å². The van der Waals surface area contributed by atoms with Gasteiger partial charge in [-0.15, -0.1) is 0 Å². The Bertz CT molecular complexity index is 541. The summed E-state index contributed by atoms with van der Waals surface area (Å²) in [6.45, 7) is 7.23. The maximum absolute atomic E-state index is 3.62. The van der Waals surface area contributed by atoms with Crippen LogP contribution in [-0.2, 0) is 6.54 Å². The van der Waals surface area contributed by atoms with E-state index in [0.29, 0.717) is 0 Å². The van der Waals surface area contributed by atoms with E-state index in [2.05, 4.69) is 78.4 Å². The van der Waals surface area contributed by atoms with Gasteiger partial charge in [-0.25, -0.2) is 0 Å². The predicted molar refractivity (Wildman–Crippen MR) is 82.1 cm³/mol. The molecular formula is C16H18BrN. The summed E-state index contributed by atoms with van der Waals surface area (Å²) in [6.07, 6.45) is 0. The SMILES string of the molecule is Cc1cc(C)cc(CNc2cccc(C)c2Br)c1. The molecular weight excluding hydrogens is 286 g/mol. The van der Waals surface area contributed by atoms with E-state index in [4.69, 9.17) is 0 Å². The summed E-state index contributed by atoms with van der Waals surface area (Å²) in [4.78, 5) is 0. The predicted octanol–water partition coefficient (Wildman–Crippen LogP) is 4.99. The summed E-state index contributed by atoms with van der Waals surface area (Å²) < 4.78 is 1.15. The average molecular weight is 304 g/mol. The summed E-state index contributed by atoms with van der Waals surface area (Å²) in [5.41, 5.74) is 6.35. The van der Waals surface area contributed by atoms with Crippen LogP contribution in [0.1, 0.15) is 22.3 Å². The quantitative estimate of drug-likeness (QED) is 0.842. The van der Waals surface area contributed by atoms with E-state index in [1.165, 1.54) is 22.3 Å². The van der Waals surface area contributed by atoms with Gasteiger partial charge in [0, 0.05) is 16.7 Å². The number of hydrogen-bond donors (Lipinski definition) is 1. The van der Waals surface area contributed by atoms with Crippen LogP contribution in [0.25, 0.3) is 0 Å². The van der Waals surface area contributed by atoms with Crippen LogP contribution in [-0.4, -0.2) is 0 Å². The molecule has 2 rings (SSSR count). The number of benzene rings is 2. The summed E-state index contributed by atoms with van der Waals surface area (Å²) in [5, 5.41) is 3.48. The first-order chi connectivity index (χ1) is 8.56. The lowest BCUT2D eigenvalue weighted by Gasteiger charge is -2.11. The molecule has 0 aliphatic carbocycles. The third kappa shape index (κ3) is 3.14. The average Bonchev–Trinajstić information content (AvgIpc) is 2.30. The molecule has 0 amide bonds. The van der Waals surface area contributed by atoms with E-state index in [1.807, 2.05) is 0 Å². The van der Waals surface area contributed by atoms with E-state index < -0.39 is 0 Å². The van der Waals surface area contributed by atoms with Crippen LogP contribution in [0.3, 0.4) is 0 Å². The Hall–Kier alpha value is -1.28. The number of nitrogens with one attached hydrogen (secondary N) is 1. The third-order valence-electron chi connectivity index (χ3n) is 2.96. The van der Waals surface area contributed by atoms with Gasteiger partial charge in [0.05, 0.1) is 0 Å². The number of halogens is 1. The van der Waals surface area contributed by atoms with Crippen molar-refractivity contribution < 1.29 is 0 Å². The summed E-state index contributed by atoms with van der Waals surface area (Å²) >= 11 is 3.62. The highest BCUT2D eigenvalue weighted by molar-refractivity contribution is 9.10. The summed E-state index contributed by atoms with van der Waals surface area (Å²) in [7, 11) is 0. The van der Waals surface area contributed by atoms with Crippen molar-refractivity contribution in [1.29, 1.82) is 0 Å². The second-order valence-corrected chi connectivity index (χ2v) is 5.58. The van der Waals surface area contributed by atoms with E-state index in [1.54, 1.807) is 0 Å². The van der Waals surface area contributed by atoms with Gasteiger partial charge in [-0.05, 0) is 53.9 Å². The number of aryl methyl sites for hydroxylation is 3. The van der Waals surface area contributed by atoms with E-state index in [-0.39, 0.29) is 0 Å². The lowest BCUT2D eigenvalue weighted by molar-refractivity contribution is 1.12. The fraction of sp³-hybridized carbons (Fsp3) is 0.250. The molecule has 0 fully saturated rings. The smallest absolute Gasteiger partial charge is 0.0490 e. The minimum Gasteiger partial charge on any atom is -0.380 e. The zero-order chi connectivity index (χ0) is 13.1. The van der Waals surface area contributed by atoms with Crippen LogP contribution in [0.2, 0.25) is 0 Å². The van der Waals surface area contributed by atoms with Crippen molar-refractivity contribution in [2.24, 2.45) is 0 Å². The molecule has 0 atom stereocenters. The third-order valence-corrected chi connectivity index (χ3v) is 4.01. The van der Waals surface area contributed by atoms with Crippen molar-refractivity contribution in [2.45, 2.75) is 27.3 Å². The zero-order valence-corrected chi connectivity index (χ0v) is 12.6. The van der Waals surface area contributed by atoms with Crippen molar-refractivity contribution in [1.82, 2.24) is 0 Å². The molecule has 0 aromatic heterocycles. The lowest BCUT2D eigenvalue weighted by atomic mass is 10.1. The molecule has 2 aromatic rings. The topological polar surface area (TPSA) is 12.0 Å². The van der Waals surface area contributed by atoms with E-state index in [0.717, 1.165) is 16.7 Å². The summed E-state index contributed by atoms with van der Waals surface area (Å²) in [6, 6.07) is 12.9. The summed E-state index contributed by atoms with van der Waals surface area (Å²) in [5.74, 6) is 0. The first-order valence-corrected chi connectivity index (χ1v) is 6.92. The van der Waals surface area contributed by atoms with E-state index >= 15 is 0 Å². The van der Waals surface area contributed by atoms with Gasteiger partial charge in [0.25, 0.3) is 0 Å². The van der Waals surface area contributed by atoms with Gasteiger partial charge in [0.15, 0.2) is 0 Å². The Labute approximate surface area is 117 Å². The molecule has 0 aliphatic heterocycles. The Morgan fingerprint density at radius 3 is 2.33 bits per heavy atom. The van der Waals surface area contributed by atoms with Gasteiger partial charge in [-0.3, -0.25) is 0 Å². The highest BCUT2D eigenvalue weighted by Crippen LogP contribution is 2.26. The first kappa shape index (κ1) is 13.2. The Balaban J connectivity index is 2.14. The molecule has 1 nitrogen and oxygen atoms in total. The van der Waals surface area contributed by atoms with Gasteiger partial charge < -0.3 is 5.32 Å². The molecule has 2 heteroatoms. The molecule has 18 heavy (non-hydrogen) atoms. The van der Waals surface area contributed by atoms with Crippen molar-refractivity contribution in [2.75, 3.05) is 5.32 Å². The number of hydrogen-bond acceptors (Lipinski definition) is 1. The van der Waals surface area contributed by atoms with Crippen LogP contribution < -0.4 is 5.32 Å². The Kier molecular flexibility index (Phi) is 4.07. The van der Waals surface area contributed by atoms with Gasteiger partial charge in [0.2, 0.25) is 0 Å². The highest BCUT2D eigenvalue weighted by atomic mass is 79.9. The highest BCUT2D eigenvalue weighted by Gasteiger charge is 2.02. The first-order valence-electron chi connectivity index (χ1n) is 6.12. The molecule has 0 saturated heterocycles. The zero-order valence-electron chi connectivity index (χ0n) is 11.0. The number of anilines is 1. The van der Waals surface area contributed by atoms with Gasteiger partial charge in [-0.2, -0.15) is 0 Å². The van der Waals surface area contributed by atoms with Gasteiger partial charge in [-0.1, -0.05) is 41.5 Å². The monoisotopic (exact) mass is 303 g/mol. The van der Waals surface area contributed by atoms with Crippen LogP contribution in [0.5, 0.6) is 0 Å². The molecule has 0 heterocycles. The standard InChI is InChI=1S/C16H18BrN/c1-11-7-12(2)9-14(8-11)10-18-15-6-4-5-13(3)16(15)17/h4-9,18H,10H2,1-3H3. The lowest BCUT2D eigenvalue weighted by Crippen LogP contribution is -2.01. The van der Waals surface area contributed by atoms with Crippen LogP contribution in [0.4, 0.5) is 5.69 Å². The molecule has 0 aliphatic rings. The number of rotatable bonds is 3. The Morgan fingerprint density at radius 1 is 1.00 bits per heavy atom. The molecule has 0 radical (unpaired) electrons. The van der Waals surface area contributed by atoms with Crippen molar-refractivity contribution >= 4 is 21.6 Å². The Morgan fingerprint density at radius 2 is 1.67 bits per heavy atom. The van der Waals surface area contributed by atoms with Gasteiger partial charge in [0.1, 0.15) is 0 Å². The normalized spacial score (nSPS) is 10.4. The maximum Gasteiger partial charge on any atom is 0.0490 e. The molecule has 0 bridgehead atoms. The van der Waals surface area contributed by atoms with Crippen molar-refractivity contribution in [3.63, 3.8) is 0 Å². The largest absolute Gasteiger partial charge is 0.380 e. The van der Waals surface area contributed by atoms with Crippen LogP contribution >= 0.6 is 15.9 Å². The molecule has 1 N–H and O–H groups in total. The fourth-order valence-electron chi connectivity index (χ4n) is 2.15. The second kappa shape index (κ2) is 5.57. The van der Waals surface area contributed by atoms with Crippen molar-refractivity contribution in [3.8, 4) is 0 Å². The van der Waals surface area contributed by atoms with Crippen LogP contribution in [0, 0.1) is 20.8 Å². The molecule has 94 valence electrons. The van der Waals surface area contributed by atoms with E-state index in [9.17, 15) is 0 Å². The molecule has 0 saturated carbocycles. The molecule has 0 unspecified atom stereocenters. The maximum atomic E-state index is 3.62. The fourth-order valence-corrected chi connectivity index (χ4v) is 2.56. The van der Waals surface area contributed by atoms with Crippen molar-refractivity contribution in [3.05, 3.63) is 63.1 Å². The molecule has 2 aromatic carbocycles. The minimum atomic E-state index is 0.852. The second-order valence-electron chi connectivity index (χ2n) is 4.79. The van der Waals surface area contributed by atoms with Gasteiger partial charge >= 0.3 is 0 Å².